The molecule has 7 nitrogen and oxygen atoms in total. The van der Waals surface area contributed by atoms with E-state index in [2.05, 4.69) is 20.0 Å². The monoisotopic (exact) mass is 405 g/mol. The van der Waals surface area contributed by atoms with Crippen molar-refractivity contribution in [1.82, 2.24) is 15.0 Å². The van der Waals surface area contributed by atoms with E-state index < -0.39 is 10.0 Å². The summed E-state index contributed by atoms with van der Waals surface area (Å²) < 4.78 is 25.7. The van der Waals surface area contributed by atoms with Gasteiger partial charge in [0.25, 0.3) is 0 Å². The Hall–Kier alpha value is -3.52. The van der Waals surface area contributed by atoms with Crippen molar-refractivity contribution in [3.8, 4) is 11.4 Å². The summed E-state index contributed by atoms with van der Waals surface area (Å²) >= 11 is 0. The second kappa shape index (κ2) is 7.84. The van der Waals surface area contributed by atoms with Crippen molar-refractivity contribution >= 4 is 32.4 Å². The van der Waals surface area contributed by atoms with Gasteiger partial charge < -0.3 is 5.32 Å². The SMILES string of the molecule is CS(=O)(=O)Nc1ccc2nc(-c3ccncc3)nc(NCc3ccccc3)c2c1. The van der Waals surface area contributed by atoms with E-state index in [1.165, 1.54) is 0 Å². The zero-order valence-corrected chi connectivity index (χ0v) is 16.5. The summed E-state index contributed by atoms with van der Waals surface area (Å²) in [4.78, 5) is 13.4. The lowest BCUT2D eigenvalue weighted by Gasteiger charge is -2.13. The Kier molecular flexibility index (Phi) is 5.09. The molecule has 4 aromatic rings. The summed E-state index contributed by atoms with van der Waals surface area (Å²) in [5.41, 5.74) is 3.13. The fraction of sp³-hybridized carbons (Fsp3) is 0.0952. The minimum atomic E-state index is -3.38. The lowest BCUT2D eigenvalue weighted by Crippen LogP contribution is -2.10. The number of fused-ring (bicyclic) bond motifs is 1. The van der Waals surface area contributed by atoms with E-state index in [0.717, 1.165) is 22.8 Å². The molecule has 8 heteroatoms. The number of anilines is 2. The third-order valence-electron chi connectivity index (χ3n) is 4.24. The molecular formula is C21H19N5O2S. The predicted molar refractivity (Wildman–Crippen MR) is 115 cm³/mol. The highest BCUT2D eigenvalue weighted by Crippen LogP contribution is 2.28. The Labute approximate surface area is 168 Å². The molecule has 0 aliphatic heterocycles. The third-order valence-corrected chi connectivity index (χ3v) is 4.85. The number of aromatic nitrogens is 3. The maximum atomic E-state index is 11.6. The highest BCUT2D eigenvalue weighted by atomic mass is 32.2. The molecule has 0 aliphatic rings. The summed E-state index contributed by atoms with van der Waals surface area (Å²) in [6, 6.07) is 18.9. The number of benzene rings is 2. The molecule has 2 N–H and O–H groups in total. The fourth-order valence-corrected chi connectivity index (χ4v) is 3.51. The predicted octanol–water partition coefficient (Wildman–Crippen LogP) is 3.68. The highest BCUT2D eigenvalue weighted by molar-refractivity contribution is 7.92. The van der Waals surface area contributed by atoms with Crippen molar-refractivity contribution < 1.29 is 8.42 Å². The third kappa shape index (κ3) is 4.67. The number of rotatable bonds is 6. The van der Waals surface area contributed by atoms with Crippen molar-refractivity contribution in [2.45, 2.75) is 6.54 Å². The minimum absolute atomic E-state index is 0.461. The number of nitrogens with one attached hydrogen (secondary N) is 2. The maximum Gasteiger partial charge on any atom is 0.229 e. The molecule has 2 heterocycles. The van der Waals surface area contributed by atoms with E-state index in [1.807, 2.05) is 42.5 Å². The van der Waals surface area contributed by atoms with Crippen molar-refractivity contribution in [3.05, 3.63) is 78.6 Å². The van der Waals surface area contributed by atoms with E-state index >= 15 is 0 Å². The lowest BCUT2D eigenvalue weighted by atomic mass is 10.1. The first-order valence-corrected chi connectivity index (χ1v) is 10.8. The van der Waals surface area contributed by atoms with Gasteiger partial charge in [0.2, 0.25) is 10.0 Å². The summed E-state index contributed by atoms with van der Waals surface area (Å²) in [5.74, 6) is 1.20. The Bertz CT molecular complexity index is 1250. The lowest BCUT2D eigenvalue weighted by molar-refractivity contribution is 0.607. The van der Waals surface area contributed by atoms with Crippen molar-refractivity contribution in [2.75, 3.05) is 16.3 Å². The molecule has 0 bridgehead atoms. The van der Waals surface area contributed by atoms with Crippen LogP contribution in [0.3, 0.4) is 0 Å². The van der Waals surface area contributed by atoms with Gasteiger partial charge in [-0.15, -0.1) is 0 Å². The topological polar surface area (TPSA) is 96.9 Å². The van der Waals surface area contributed by atoms with Gasteiger partial charge in [-0.3, -0.25) is 9.71 Å². The zero-order chi connectivity index (χ0) is 20.3. The molecule has 4 rings (SSSR count). The minimum Gasteiger partial charge on any atom is -0.365 e. The standard InChI is InChI=1S/C21H19N5O2S/c1-29(27,28)26-17-7-8-19-18(13-17)21(23-14-15-5-3-2-4-6-15)25-20(24-19)16-9-11-22-12-10-16/h2-13,26H,14H2,1H3,(H,23,24,25). The van der Waals surface area contributed by atoms with Crippen LogP contribution in [-0.4, -0.2) is 29.6 Å². The number of sulfonamides is 1. The van der Waals surface area contributed by atoms with Crippen molar-refractivity contribution in [3.63, 3.8) is 0 Å². The number of nitrogens with zero attached hydrogens (tertiary/aromatic N) is 3. The molecule has 0 spiro atoms. The highest BCUT2D eigenvalue weighted by Gasteiger charge is 2.12. The molecule has 2 aromatic heterocycles. The second-order valence-electron chi connectivity index (χ2n) is 6.58. The van der Waals surface area contributed by atoms with Gasteiger partial charge in [0.1, 0.15) is 5.82 Å². The summed E-state index contributed by atoms with van der Waals surface area (Å²) in [6.45, 7) is 0.576. The van der Waals surface area contributed by atoms with Crippen LogP contribution in [-0.2, 0) is 16.6 Å². The second-order valence-corrected chi connectivity index (χ2v) is 8.33. The Morgan fingerprint density at radius 1 is 0.931 bits per heavy atom. The molecule has 0 fully saturated rings. The molecule has 29 heavy (non-hydrogen) atoms. The molecule has 0 aliphatic carbocycles. The molecule has 0 unspecified atom stereocenters. The van der Waals surface area contributed by atoms with Gasteiger partial charge in [-0.2, -0.15) is 0 Å². The quantitative estimate of drug-likeness (QED) is 0.508. The molecule has 0 saturated heterocycles. The van der Waals surface area contributed by atoms with E-state index in [-0.39, 0.29) is 0 Å². The molecule has 0 atom stereocenters. The van der Waals surface area contributed by atoms with Gasteiger partial charge in [0.15, 0.2) is 5.82 Å². The summed E-state index contributed by atoms with van der Waals surface area (Å²) in [7, 11) is -3.38. The maximum absolute atomic E-state index is 11.6. The summed E-state index contributed by atoms with van der Waals surface area (Å²) in [6.07, 6.45) is 4.51. The van der Waals surface area contributed by atoms with Crippen LogP contribution in [0.1, 0.15) is 5.56 Å². The van der Waals surface area contributed by atoms with Crippen molar-refractivity contribution in [2.24, 2.45) is 0 Å². The largest absolute Gasteiger partial charge is 0.365 e. The van der Waals surface area contributed by atoms with E-state index in [4.69, 9.17) is 4.98 Å². The van der Waals surface area contributed by atoms with Gasteiger partial charge >= 0.3 is 0 Å². The molecule has 146 valence electrons. The van der Waals surface area contributed by atoms with Crippen molar-refractivity contribution in [1.29, 1.82) is 0 Å². The molecule has 0 saturated carbocycles. The first-order chi connectivity index (χ1) is 14.0. The van der Waals surface area contributed by atoms with Gasteiger partial charge in [-0.25, -0.2) is 18.4 Å². The smallest absolute Gasteiger partial charge is 0.229 e. The molecule has 2 aromatic carbocycles. The van der Waals surface area contributed by atoms with Gasteiger partial charge in [-0.1, -0.05) is 30.3 Å². The van der Waals surface area contributed by atoms with Crippen LogP contribution in [0.5, 0.6) is 0 Å². The zero-order valence-electron chi connectivity index (χ0n) is 15.7. The number of pyridine rings is 1. The molecular weight excluding hydrogens is 386 g/mol. The van der Waals surface area contributed by atoms with Crippen LogP contribution >= 0.6 is 0 Å². The van der Waals surface area contributed by atoms with Crippen LogP contribution in [0.25, 0.3) is 22.3 Å². The van der Waals surface area contributed by atoms with Gasteiger partial charge in [0.05, 0.1) is 11.8 Å². The Balaban J connectivity index is 1.79. The molecule has 0 amide bonds. The average Bonchev–Trinajstić information content (AvgIpc) is 2.72. The van der Waals surface area contributed by atoms with Gasteiger partial charge in [-0.05, 0) is 35.9 Å². The van der Waals surface area contributed by atoms with Crippen LogP contribution in [0.2, 0.25) is 0 Å². The van der Waals surface area contributed by atoms with Crippen LogP contribution in [0.4, 0.5) is 11.5 Å². The summed E-state index contributed by atoms with van der Waals surface area (Å²) in [5, 5.41) is 4.09. The first-order valence-electron chi connectivity index (χ1n) is 8.96. The van der Waals surface area contributed by atoms with E-state index in [0.29, 0.717) is 29.4 Å². The Morgan fingerprint density at radius 3 is 2.41 bits per heavy atom. The van der Waals surface area contributed by atoms with E-state index in [9.17, 15) is 8.42 Å². The average molecular weight is 405 g/mol. The fourth-order valence-electron chi connectivity index (χ4n) is 2.95. The number of hydrogen-bond donors (Lipinski definition) is 2. The van der Waals surface area contributed by atoms with Crippen LogP contribution in [0.15, 0.2) is 73.1 Å². The van der Waals surface area contributed by atoms with Crippen LogP contribution < -0.4 is 10.0 Å². The molecule has 0 radical (unpaired) electrons. The number of hydrogen-bond acceptors (Lipinski definition) is 6. The van der Waals surface area contributed by atoms with E-state index in [1.54, 1.807) is 30.6 Å². The van der Waals surface area contributed by atoms with Crippen LogP contribution in [0, 0.1) is 0 Å². The Morgan fingerprint density at radius 2 is 1.69 bits per heavy atom. The first kappa shape index (κ1) is 18.8. The van der Waals surface area contributed by atoms with Gasteiger partial charge in [0, 0.05) is 35.6 Å². The normalized spacial score (nSPS) is 11.3.